The average Bonchev–Trinajstić information content (AvgIpc) is 2.72. The lowest BCUT2D eigenvalue weighted by Crippen LogP contribution is -2.06. The van der Waals surface area contributed by atoms with E-state index in [2.05, 4.69) is 20.3 Å². The minimum atomic E-state index is 0.286. The number of ether oxygens (including phenoxy) is 1. The Kier molecular flexibility index (Phi) is 3.08. The highest BCUT2D eigenvalue weighted by Crippen LogP contribution is 2.26. The zero-order chi connectivity index (χ0) is 12.3. The average molecular weight is 235 g/mol. The monoisotopic (exact) mass is 235 g/mol. The van der Waals surface area contributed by atoms with Gasteiger partial charge in [0.05, 0.1) is 19.9 Å². The predicted octanol–water partition coefficient (Wildman–Crippen LogP) is 0.976. The first-order valence-electron chi connectivity index (χ1n) is 5.00. The number of anilines is 2. The van der Waals surface area contributed by atoms with Crippen LogP contribution in [0.25, 0.3) is 0 Å². The zero-order valence-electron chi connectivity index (χ0n) is 9.60. The fourth-order valence-electron chi connectivity index (χ4n) is 1.36. The van der Waals surface area contributed by atoms with Gasteiger partial charge in [0.1, 0.15) is 12.1 Å². The second-order valence-corrected chi connectivity index (χ2v) is 3.36. The molecular weight excluding hydrogens is 222 g/mol. The summed E-state index contributed by atoms with van der Waals surface area (Å²) in [5.74, 6) is 2.54. The van der Waals surface area contributed by atoms with Gasteiger partial charge in [-0.2, -0.15) is 0 Å². The molecule has 7 heteroatoms. The number of rotatable bonds is 4. The molecule has 0 fully saturated rings. The third kappa shape index (κ3) is 2.44. The summed E-state index contributed by atoms with van der Waals surface area (Å²) in [5, 5.41) is 3.02. The maximum Gasteiger partial charge on any atom is 0.213 e. The van der Waals surface area contributed by atoms with Crippen LogP contribution in [0.15, 0.2) is 16.9 Å². The van der Waals surface area contributed by atoms with Gasteiger partial charge in [-0.05, 0) is 6.92 Å². The fourth-order valence-corrected chi connectivity index (χ4v) is 1.36. The van der Waals surface area contributed by atoms with Crippen LogP contribution in [0.5, 0.6) is 5.75 Å². The van der Waals surface area contributed by atoms with Crippen LogP contribution in [0.2, 0.25) is 0 Å². The van der Waals surface area contributed by atoms with Crippen molar-refractivity contribution in [1.82, 2.24) is 15.0 Å². The van der Waals surface area contributed by atoms with Gasteiger partial charge in [-0.3, -0.25) is 0 Å². The molecule has 0 aliphatic heterocycles. The summed E-state index contributed by atoms with van der Waals surface area (Å²) in [6, 6.07) is 0. The van der Waals surface area contributed by atoms with Crippen molar-refractivity contribution in [1.29, 1.82) is 0 Å². The van der Waals surface area contributed by atoms with Crippen molar-refractivity contribution in [2.45, 2.75) is 13.5 Å². The number of nitrogens with zero attached hydrogens (tertiary/aromatic N) is 3. The molecular formula is C10H13N5O2. The van der Waals surface area contributed by atoms with Gasteiger partial charge in [-0.25, -0.2) is 15.0 Å². The highest BCUT2D eigenvalue weighted by Gasteiger charge is 2.10. The van der Waals surface area contributed by atoms with Crippen molar-refractivity contribution in [3.05, 3.63) is 24.2 Å². The standard InChI is InChI=1S/C10H13N5O2/c1-6-3-12-7(17-6)4-13-10-8(16-2)9(11)14-5-15-10/h3,5H,4H2,1-2H3,(H3,11,13,14,15). The van der Waals surface area contributed by atoms with Crippen LogP contribution < -0.4 is 15.8 Å². The van der Waals surface area contributed by atoms with Crippen molar-refractivity contribution in [2.24, 2.45) is 0 Å². The molecule has 0 unspecified atom stereocenters. The Morgan fingerprint density at radius 2 is 2.24 bits per heavy atom. The Morgan fingerprint density at radius 3 is 2.88 bits per heavy atom. The van der Waals surface area contributed by atoms with E-state index in [-0.39, 0.29) is 5.82 Å². The van der Waals surface area contributed by atoms with Gasteiger partial charge in [0.15, 0.2) is 11.6 Å². The molecule has 0 bridgehead atoms. The Balaban J connectivity index is 2.11. The molecule has 0 aliphatic rings. The highest BCUT2D eigenvalue weighted by atomic mass is 16.5. The SMILES string of the molecule is COc1c(N)ncnc1NCc1ncc(C)o1. The molecule has 0 saturated heterocycles. The molecule has 0 saturated carbocycles. The number of nitrogens with two attached hydrogens (primary N) is 1. The summed E-state index contributed by atoms with van der Waals surface area (Å²) in [4.78, 5) is 11.9. The van der Waals surface area contributed by atoms with Crippen LogP contribution in [0, 0.1) is 6.92 Å². The number of oxazole rings is 1. The number of methoxy groups -OCH3 is 1. The molecule has 2 aromatic heterocycles. The molecule has 0 atom stereocenters. The molecule has 17 heavy (non-hydrogen) atoms. The largest absolute Gasteiger partial charge is 0.490 e. The van der Waals surface area contributed by atoms with Gasteiger partial charge < -0.3 is 20.2 Å². The Labute approximate surface area is 98.0 Å². The minimum Gasteiger partial charge on any atom is -0.490 e. The lowest BCUT2D eigenvalue weighted by molar-refractivity contribution is 0.414. The molecule has 0 radical (unpaired) electrons. The maximum atomic E-state index is 5.65. The van der Waals surface area contributed by atoms with Crippen LogP contribution in [0.4, 0.5) is 11.6 Å². The number of nitrogen functional groups attached to an aromatic ring is 1. The van der Waals surface area contributed by atoms with Crippen molar-refractivity contribution in [3.8, 4) is 5.75 Å². The van der Waals surface area contributed by atoms with E-state index in [1.54, 1.807) is 6.20 Å². The smallest absolute Gasteiger partial charge is 0.213 e. The van der Waals surface area contributed by atoms with Crippen molar-refractivity contribution in [2.75, 3.05) is 18.2 Å². The first-order valence-corrected chi connectivity index (χ1v) is 5.00. The first kappa shape index (κ1) is 11.2. The third-order valence-electron chi connectivity index (χ3n) is 2.11. The second-order valence-electron chi connectivity index (χ2n) is 3.36. The molecule has 3 N–H and O–H groups in total. The minimum absolute atomic E-state index is 0.286. The first-order chi connectivity index (χ1) is 8.20. The Bertz CT molecular complexity index is 511. The van der Waals surface area contributed by atoms with E-state index in [1.807, 2.05) is 6.92 Å². The van der Waals surface area contributed by atoms with Crippen LogP contribution in [0.3, 0.4) is 0 Å². The summed E-state index contributed by atoms with van der Waals surface area (Å²) < 4.78 is 10.4. The molecule has 0 aromatic carbocycles. The fraction of sp³-hybridized carbons (Fsp3) is 0.300. The Morgan fingerprint density at radius 1 is 1.41 bits per heavy atom. The molecule has 2 aromatic rings. The molecule has 0 spiro atoms. The lowest BCUT2D eigenvalue weighted by Gasteiger charge is -2.09. The number of hydrogen-bond donors (Lipinski definition) is 2. The third-order valence-corrected chi connectivity index (χ3v) is 2.11. The van der Waals surface area contributed by atoms with Crippen LogP contribution in [-0.2, 0) is 6.54 Å². The molecule has 0 amide bonds. The van der Waals surface area contributed by atoms with Gasteiger partial charge >= 0.3 is 0 Å². The normalized spacial score (nSPS) is 10.2. The number of hydrogen-bond acceptors (Lipinski definition) is 7. The van der Waals surface area contributed by atoms with Gasteiger partial charge in [-0.15, -0.1) is 0 Å². The van der Waals surface area contributed by atoms with Gasteiger partial charge in [-0.1, -0.05) is 0 Å². The topological polar surface area (TPSA) is 99.1 Å². The van der Waals surface area contributed by atoms with E-state index in [0.29, 0.717) is 24.0 Å². The van der Waals surface area contributed by atoms with E-state index in [4.69, 9.17) is 14.9 Å². The zero-order valence-corrected chi connectivity index (χ0v) is 9.60. The molecule has 2 rings (SSSR count). The molecule has 90 valence electrons. The van der Waals surface area contributed by atoms with Crippen LogP contribution in [0.1, 0.15) is 11.7 Å². The van der Waals surface area contributed by atoms with Gasteiger partial charge in [0, 0.05) is 0 Å². The van der Waals surface area contributed by atoms with Crippen molar-refractivity contribution >= 4 is 11.6 Å². The number of aryl methyl sites for hydroxylation is 1. The predicted molar refractivity (Wildman–Crippen MR) is 61.6 cm³/mol. The molecule has 2 heterocycles. The van der Waals surface area contributed by atoms with Crippen molar-refractivity contribution in [3.63, 3.8) is 0 Å². The lowest BCUT2D eigenvalue weighted by atomic mass is 10.4. The summed E-state index contributed by atoms with van der Waals surface area (Å²) in [5.41, 5.74) is 5.65. The van der Waals surface area contributed by atoms with Crippen molar-refractivity contribution < 1.29 is 9.15 Å². The van der Waals surface area contributed by atoms with E-state index in [9.17, 15) is 0 Å². The summed E-state index contributed by atoms with van der Waals surface area (Å²) >= 11 is 0. The summed E-state index contributed by atoms with van der Waals surface area (Å²) in [7, 11) is 1.51. The van der Waals surface area contributed by atoms with E-state index < -0.39 is 0 Å². The van der Waals surface area contributed by atoms with E-state index in [0.717, 1.165) is 5.76 Å². The quantitative estimate of drug-likeness (QED) is 0.814. The van der Waals surface area contributed by atoms with Gasteiger partial charge in [0.25, 0.3) is 0 Å². The second kappa shape index (κ2) is 4.69. The summed E-state index contributed by atoms with van der Waals surface area (Å²) in [6.45, 7) is 2.24. The Hall–Kier alpha value is -2.31. The van der Waals surface area contributed by atoms with E-state index in [1.165, 1.54) is 13.4 Å². The molecule has 7 nitrogen and oxygen atoms in total. The highest BCUT2D eigenvalue weighted by molar-refractivity contribution is 5.61. The maximum absolute atomic E-state index is 5.65. The number of aromatic nitrogens is 3. The summed E-state index contributed by atoms with van der Waals surface area (Å²) in [6.07, 6.45) is 3.02. The van der Waals surface area contributed by atoms with Crippen LogP contribution in [-0.4, -0.2) is 22.1 Å². The van der Waals surface area contributed by atoms with Crippen LogP contribution >= 0.6 is 0 Å². The van der Waals surface area contributed by atoms with Gasteiger partial charge in [0.2, 0.25) is 11.6 Å². The molecule has 0 aliphatic carbocycles. The van der Waals surface area contributed by atoms with E-state index >= 15 is 0 Å². The number of nitrogens with one attached hydrogen (secondary N) is 1.